The summed E-state index contributed by atoms with van der Waals surface area (Å²) in [6, 6.07) is 5.15. The minimum Gasteiger partial charge on any atom is -0.314 e. The molecular formula is C12H17N5O2S. The van der Waals surface area contributed by atoms with Crippen LogP contribution in [0.25, 0.3) is 0 Å². The van der Waals surface area contributed by atoms with Gasteiger partial charge in [0, 0.05) is 12.2 Å². The highest BCUT2D eigenvalue weighted by molar-refractivity contribution is 7.92. The van der Waals surface area contributed by atoms with Gasteiger partial charge in [-0.05, 0) is 33.0 Å². The summed E-state index contributed by atoms with van der Waals surface area (Å²) in [6.07, 6.45) is 0. The summed E-state index contributed by atoms with van der Waals surface area (Å²) in [5.41, 5.74) is 1.69. The maximum atomic E-state index is 12.5. The number of aromatic amines is 1. The predicted molar refractivity (Wildman–Crippen MR) is 75.9 cm³/mol. The maximum Gasteiger partial charge on any atom is 0.266 e. The Bertz CT molecular complexity index is 708. The summed E-state index contributed by atoms with van der Waals surface area (Å²) in [6.45, 7) is 3.83. The Balaban J connectivity index is 2.38. The lowest BCUT2D eigenvalue weighted by molar-refractivity contribution is 0.598. The Labute approximate surface area is 117 Å². The van der Waals surface area contributed by atoms with Crippen molar-refractivity contribution in [2.45, 2.75) is 25.3 Å². The van der Waals surface area contributed by atoms with Crippen LogP contribution in [-0.2, 0) is 16.6 Å². The van der Waals surface area contributed by atoms with E-state index in [-0.39, 0.29) is 4.90 Å². The zero-order chi connectivity index (χ0) is 14.8. The fourth-order valence-corrected chi connectivity index (χ4v) is 3.27. The van der Waals surface area contributed by atoms with Gasteiger partial charge in [-0.15, -0.1) is 0 Å². The lowest BCUT2D eigenvalue weighted by atomic mass is 10.4. The van der Waals surface area contributed by atoms with Crippen molar-refractivity contribution >= 4 is 15.8 Å². The molecule has 0 aliphatic rings. The molecule has 0 spiro atoms. The van der Waals surface area contributed by atoms with Crippen molar-refractivity contribution in [1.29, 1.82) is 0 Å². The molecule has 0 fully saturated rings. The quantitative estimate of drug-likeness (QED) is 0.762. The minimum absolute atomic E-state index is 0.162. The molecule has 0 aliphatic carbocycles. The Kier molecular flexibility index (Phi) is 4.05. The molecule has 0 aliphatic heterocycles. The molecule has 0 saturated heterocycles. The Hall–Kier alpha value is -1.93. The number of hydrogen-bond donors (Lipinski definition) is 3. The third-order valence-corrected chi connectivity index (χ3v) is 4.26. The first-order chi connectivity index (χ1) is 9.44. The highest BCUT2D eigenvalue weighted by Crippen LogP contribution is 2.20. The molecule has 0 bridgehead atoms. The topological polar surface area (TPSA) is 99.8 Å². The van der Waals surface area contributed by atoms with Crippen LogP contribution in [0.1, 0.15) is 17.1 Å². The average Bonchev–Trinajstić information content (AvgIpc) is 2.71. The molecule has 108 valence electrons. The number of hydrogen-bond acceptors (Lipinski definition) is 5. The van der Waals surface area contributed by atoms with Crippen molar-refractivity contribution in [2.24, 2.45) is 0 Å². The molecule has 0 aromatic carbocycles. The molecule has 0 saturated carbocycles. The number of rotatable bonds is 5. The van der Waals surface area contributed by atoms with Gasteiger partial charge in [-0.2, -0.15) is 5.10 Å². The molecule has 20 heavy (non-hydrogen) atoms. The van der Waals surface area contributed by atoms with Crippen LogP contribution in [0.4, 0.5) is 5.82 Å². The standard InChI is InChI=1S/C12H17N5O2S/c1-8-5-4-6-11(14-8)17-20(18,19)12-9(2)15-16-10(12)7-13-3/h4-6,13H,7H2,1-3H3,(H,14,17)(H,15,16). The highest BCUT2D eigenvalue weighted by atomic mass is 32.2. The van der Waals surface area contributed by atoms with Gasteiger partial charge in [0.1, 0.15) is 10.7 Å². The molecule has 2 aromatic heterocycles. The maximum absolute atomic E-state index is 12.5. The molecule has 0 atom stereocenters. The normalized spacial score (nSPS) is 11.6. The molecule has 3 N–H and O–H groups in total. The molecule has 8 heteroatoms. The first-order valence-electron chi connectivity index (χ1n) is 6.09. The summed E-state index contributed by atoms with van der Waals surface area (Å²) >= 11 is 0. The van der Waals surface area contributed by atoms with Crippen molar-refractivity contribution in [2.75, 3.05) is 11.8 Å². The van der Waals surface area contributed by atoms with E-state index < -0.39 is 10.0 Å². The molecule has 7 nitrogen and oxygen atoms in total. The van der Waals surface area contributed by atoms with E-state index >= 15 is 0 Å². The van der Waals surface area contributed by atoms with E-state index in [1.54, 1.807) is 39.1 Å². The number of nitrogens with zero attached hydrogens (tertiary/aromatic N) is 2. The van der Waals surface area contributed by atoms with Gasteiger partial charge in [-0.1, -0.05) is 6.07 Å². The van der Waals surface area contributed by atoms with E-state index in [4.69, 9.17) is 0 Å². The van der Waals surface area contributed by atoms with Gasteiger partial charge < -0.3 is 5.32 Å². The number of H-pyrrole nitrogens is 1. The summed E-state index contributed by atoms with van der Waals surface area (Å²) in [5, 5.41) is 9.59. The van der Waals surface area contributed by atoms with Crippen LogP contribution in [0.5, 0.6) is 0 Å². The summed E-state index contributed by atoms with van der Waals surface area (Å²) in [4.78, 5) is 4.30. The van der Waals surface area contributed by atoms with Crippen molar-refractivity contribution < 1.29 is 8.42 Å². The first-order valence-corrected chi connectivity index (χ1v) is 7.57. The van der Waals surface area contributed by atoms with Gasteiger partial charge in [0.05, 0.1) is 11.4 Å². The van der Waals surface area contributed by atoms with Gasteiger partial charge >= 0.3 is 0 Å². The zero-order valence-electron chi connectivity index (χ0n) is 11.6. The fraction of sp³-hybridized carbons (Fsp3) is 0.333. The third kappa shape index (κ3) is 2.97. The van der Waals surface area contributed by atoms with E-state index in [1.807, 2.05) is 0 Å². The number of aromatic nitrogens is 3. The molecule has 0 radical (unpaired) electrons. The summed E-state index contributed by atoms with van der Waals surface area (Å²) < 4.78 is 27.4. The SMILES string of the molecule is CNCc1n[nH]c(C)c1S(=O)(=O)Nc1cccc(C)n1. The Morgan fingerprint density at radius 3 is 2.70 bits per heavy atom. The van der Waals surface area contributed by atoms with E-state index in [0.717, 1.165) is 5.69 Å². The monoisotopic (exact) mass is 295 g/mol. The number of aryl methyl sites for hydroxylation is 2. The molecule has 2 rings (SSSR count). The lowest BCUT2D eigenvalue weighted by Crippen LogP contribution is -2.18. The molecular weight excluding hydrogens is 278 g/mol. The number of sulfonamides is 1. The lowest BCUT2D eigenvalue weighted by Gasteiger charge is -2.08. The van der Waals surface area contributed by atoms with Crippen molar-refractivity contribution in [3.63, 3.8) is 0 Å². The first kappa shape index (κ1) is 14.5. The Morgan fingerprint density at radius 2 is 2.05 bits per heavy atom. The van der Waals surface area contributed by atoms with Crippen LogP contribution in [0.3, 0.4) is 0 Å². The zero-order valence-corrected chi connectivity index (χ0v) is 12.4. The second-order valence-corrected chi connectivity index (χ2v) is 6.04. The van der Waals surface area contributed by atoms with Crippen molar-refractivity contribution in [3.8, 4) is 0 Å². The summed E-state index contributed by atoms with van der Waals surface area (Å²) in [5.74, 6) is 0.293. The largest absolute Gasteiger partial charge is 0.314 e. The minimum atomic E-state index is -3.72. The van der Waals surface area contributed by atoms with Crippen LogP contribution in [0, 0.1) is 13.8 Å². The number of nitrogens with one attached hydrogen (secondary N) is 3. The smallest absolute Gasteiger partial charge is 0.266 e. The Morgan fingerprint density at radius 1 is 1.30 bits per heavy atom. The second-order valence-electron chi connectivity index (χ2n) is 4.42. The third-order valence-electron chi connectivity index (χ3n) is 2.70. The molecule has 2 heterocycles. The number of pyridine rings is 1. The van der Waals surface area contributed by atoms with E-state index in [1.165, 1.54) is 0 Å². The van der Waals surface area contributed by atoms with Crippen LogP contribution in [0.15, 0.2) is 23.1 Å². The average molecular weight is 295 g/mol. The van der Waals surface area contributed by atoms with Crippen LogP contribution >= 0.6 is 0 Å². The van der Waals surface area contributed by atoms with Crippen LogP contribution < -0.4 is 10.0 Å². The molecule has 2 aromatic rings. The van der Waals surface area contributed by atoms with E-state index in [9.17, 15) is 8.42 Å². The predicted octanol–water partition coefficient (Wildman–Crippen LogP) is 0.942. The number of anilines is 1. The van der Waals surface area contributed by atoms with E-state index in [2.05, 4.69) is 25.2 Å². The van der Waals surface area contributed by atoms with Crippen molar-refractivity contribution in [3.05, 3.63) is 35.3 Å². The molecule has 0 unspecified atom stereocenters. The van der Waals surface area contributed by atoms with Gasteiger partial charge in [0.2, 0.25) is 0 Å². The van der Waals surface area contributed by atoms with Gasteiger partial charge in [-0.3, -0.25) is 9.82 Å². The van der Waals surface area contributed by atoms with Gasteiger partial charge in [-0.25, -0.2) is 13.4 Å². The van der Waals surface area contributed by atoms with Crippen LogP contribution in [0.2, 0.25) is 0 Å². The van der Waals surface area contributed by atoms with Crippen LogP contribution in [-0.4, -0.2) is 30.6 Å². The summed E-state index contributed by atoms with van der Waals surface area (Å²) in [7, 11) is -1.98. The fourth-order valence-electron chi connectivity index (χ4n) is 1.90. The van der Waals surface area contributed by atoms with Crippen molar-refractivity contribution in [1.82, 2.24) is 20.5 Å². The molecule has 0 amide bonds. The van der Waals surface area contributed by atoms with E-state index in [0.29, 0.717) is 23.8 Å². The highest BCUT2D eigenvalue weighted by Gasteiger charge is 2.24. The second kappa shape index (κ2) is 5.59. The van der Waals surface area contributed by atoms with Gasteiger partial charge in [0.15, 0.2) is 0 Å². The van der Waals surface area contributed by atoms with Gasteiger partial charge in [0.25, 0.3) is 10.0 Å².